The zero-order valence-electron chi connectivity index (χ0n) is 18.3. The Morgan fingerprint density at radius 1 is 1.15 bits per heavy atom. The Bertz CT molecular complexity index is 1280. The molecule has 7 nitrogen and oxygen atoms in total. The van der Waals surface area contributed by atoms with Gasteiger partial charge in [-0.15, -0.1) is 0 Å². The summed E-state index contributed by atoms with van der Waals surface area (Å²) in [4.78, 5) is 10.4. The second-order valence-electron chi connectivity index (χ2n) is 8.26. The van der Waals surface area contributed by atoms with Gasteiger partial charge < -0.3 is 19.9 Å². The van der Waals surface area contributed by atoms with Crippen LogP contribution in [0.25, 0.3) is 11.3 Å². The van der Waals surface area contributed by atoms with E-state index in [0.29, 0.717) is 17.5 Å². The summed E-state index contributed by atoms with van der Waals surface area (Å²) in [6.45, 7) is 4.41. The molecule has 0 saturated heterocycles. The average Bonchev–Trinajstić information content (AvgIpc) is 3.56. The number of aromatic nitrogens is 3. The SMILES string of the molecule is C=C(C1=C(N(C)C2CC2)OC(N)=C(C#N)C1c1ccc(-n2ccnc2)cc1)c1ccncc1. The van der Waals surface area contributed by atoms with Crippen LogP contribution in [0.5, 0.6) is 0 Å². The number of benzene rings is 1. The molecule has 33 heavy (non-hydrogen) atoms. The lowest BCUT2D eigenvalue weighted by atomic mass is 9.79. The lowest BCUT2D eigenvalue weighted by Gasteiger charge is -2.34. The number of rotatable bonds is 6. The number of nitriles is 1. The normalized spacial score (nSPS) is 18.0. The van der Waals surface area contributed by atoms with E-state index in [1.165, 1.54) is 0 Å². The van der Waals surface area contributed by atoms with E-state index >= 15 is 0 Å². The number of allylic oxidation sites excluding steroid dienone is 3. The van der Waals surface area contributed by atoms with E-state index < -0.39 is 5.92 Å². The monoisotopic (exact) mass is 436 g/mol. The third kappa shape index (κ3) is 3.76. The third-order valence-corrected chi connectivity index (χ3v) is 6.20. The van der Waals surface area contributed by atoms with E-state index in [1.54, 1.807) is 24.9 Å². The molecule has 0 bridgehead atoms. The van der Waals surface area contributed by atoms with Crippen molar-refractivity contribution in [2.75, 3.05) is 7.05 Å². The number of pyridine rings is 1. The first-order valence-corrected chi connectivity index (χ1v) is 10.8. The molecular formula is C26H24N6O. The molecule has 0 radical (unpaired) electrons. The molecule has 5 rings (SSSR count). The summed E-state index contributed by atoms with van der Waals surface area (Å²) in [7, 11) is 2.01. The van der Waals surface area contributed by atoms with E-state index in [1.807, 2.05) is 54.2 Å². The Balaban J connectivity index is 1.66. The number of hydrogen-bond acceptors (Lipinski definition) is 6. The Hall–Kier alpha value is -4.31. The van der Waals surface area contributed by atoms with Gasteiger partial charge in [-0.05, 0) is 53.8 Å². The summed E-state index contributed by atoms with van der Waals surface area (Å²) < 4.78 is 8.03. The van der Waals surface area contributed by atoms with E-state index in [-0.39, 0.29) is 5.88 Å². The van der Waals surface area contributed by atoms with Crippen LogP contribution in [0.3, 0.4) is 0 Å². The molecule has 1 aliphatic carbocycles. The molecule has 3 heterocycles. The Kier molecular flexibility index (Phi) is 5.19. The van der Waals surface area contributed by atoms with Gasteiger partial charge in [0.05, 0.1) is 12.2 Å². The van der Waals surface area contributed by atoms with Crippen LogP contribution in [-0.4, -0.2) is 32.5 Å². The summed E-state index contributed by atoms with van der Waals surface area (Å²) in [6.07, 6.45) is 11.0. The van der Waals surface area contributed by atoms with Gasteiger partial charge in [-0.2, -0.15) is 5.26 Å². The van der Waals surface area contributed by atoms with Crippen LogP contribution in [0.2, 0.25) is 0 Å². The summed E-state index contributed by atoms with van der Waals surface area (Å²) in [5.74, 6) is 0.381. The smallest absolute Gasteiger partial charge is 0.207 e. The maximum absolute atomic E-state index is 10.1. The standard InChI is InChI=1S/C26H24N6O/c1-17(18-9-11-29-12-10-18)23-24(19-3-5-21(6-4-19)32-14-13-30-16-32)22(15-27)25(28)33-26(23)31(2)20-7-8-20/h3-6,9-14,16,20,24H,1,7-8,28H2,2H3. The second-order valence-corrected chi connectivity index (χ2v) is 8.26. The molecule has 1 aromatic carbocycles. The highest BCUT2D eigenvalue weighted by Crippen LogP contribution is 2.46. The van der Waals surface area contributed by atoms with E-state index in [0.717, 1.165) is 40.8 Å². The minimum Gasteiger partial charge on any atom is -0.424 e. The zero-order chi connectivity index (χ0) is 22.9. The Labute approximate surface area is 192 Å². The first-order chi connectivity index (χ1) is 16.1. The van der Waals surface area contributed by atoms with Gasteiger partial charge in [0.2, 0.25) is 11.8 Å². The molecule has 7 heteroatoms. The van der Waals surface area contributed by atoms with Crippen molar-refractivity contribution in [2.24, 2.45) is 5.73 Å². The van der Waals surface area contributed by atoms with Crippen LogP contribution in [0.4, 0.5) is 0 Å². The second kappa shape index (κ2) is 8.32. The minimum absolute atomic E-state index is 0.134. The van der Waals surface area contributed by atoms with Gasteiger partial charge in [-0.25, -0.2) is 4.98 Å². The van der Waals surface area contributed by atoms with Crippen LogP contribution >= 0.6 is 0 Å². The van der Waals surface area contributed by atoms with Crippen LogP contribution < -0.4 is 5.73 Å². The number of ether oxygens (including phenoxy) is 1. The van der Waals surface area contributed by atoms with E-state index in [4.69, 9.17) is 10.5 Å². The highest BCUT2D eigenvalue weighted by atomic mass is 16.5. The summed E-state index contributed by atoms with van der Waals surface area (Å²) in [6, 6.07) is 14.6. The molecule has 164 valence electrons. The predicted octanol–water partition coefficient (Wildman–Crippen LogP) is 4.09. The van der Waals surface area contributed by atoms with Gasteiger partial charge in [0.15, 0.2) is 0 Å². The van der Waals surface area contributed by atoms with Gasteiger partial charge in [0, 0.05) is 49.1 Å². The van der Waals surface area contributed by atoms with Crippen molar-refractivity contribution in [3.8, 4) is 11.8 Å². The van der Waals surface area contributed by atoms with Gasteiger partial charge >= 0.3 is 0 Å². The molecule has 1 unspecified atom stereocenters. The molecule has 2 N–H and O–H groups in total. The first-order valence-electron chi connectivity index (χ1n) is 10.8. The van der Waals surface area contributed by atoms with Gasteiger partial charge in [-0.3, -0.25) is 4.98 Å². The number of imidazole rings is 1. The molecule has 0 spiro atoms. The maximum atomic E-state index is 10.1. The largest absolute Gasteiger partial charge is 0.424 e. The maximum Gasteiger partial charge on any atom is 0.207 e. The highest BCUT2D eigenvalue weighted by molar-refractivity contribution is 5.81. The summed E-state index contributed by atoms with van der Waals surface area (Å²) in [5, 5.41) is 10.1. The fourth-order valence-electron chi connectivity index (χ4n) is 4.23. The minimum atomic E-state index is -0.405. The van der Waals surface area contributed by atoms with Crippen molar-refractivity contribution in [1.82, 2.24) is 19.4 Å². The van der Waals surface area contributed by atoms with Crippen molar-refractivity contribution in [1.29, 1.82) is 5.26 Å². The Morgan fingerprint density at radius 2 is 1.88 bits per heavy atom. The fraction of sp³-hybridized carbons (Fsp3) is 0.192. The van der Waals surface area contributed by atoms with Crippen molar-refractivity contribution in [3.05, 3.63) is 108 Å². The number of nitrogens with two attached hydrogens (primary N) is 1. The van der Waals surface area contributed by atoms with Crippen LogP contribution in [-0.2, 0) is 4.74 Å². The lowest BCUT2D eigenvalue weighted by Crippen LogP contribution is -2.31. The molecule has 3 aromatic rings. The average molecular weight is 437 g/mol. The summed E-state index contributed by atoms with van der Waals surface area (Å²) >= 11 is 0. The third-order valence-electron chi connectivity index (χ3n) is 6.20. The zero-order valence-corrected chi connectivity index (χ0v) is 18.3. The highest BCUT2D eigenvalue weighted by Gasteiger charge is 2.39. The predicted molar refractivity (Wildman–Crippen MR) is 125 cm³/mol. The number of hydrogen-bond donors (Lipinski definition) is 1. The molecule has 2 aliphatic rings. The van der Waals surface area contributed by atoms with E-state index in [2.05, 4.69) is 27.5 Å². The van der Waals surface area contributed by atoms with Crippen molar-refractivity contribution >= 4 is 5.57 Å². The molecule has 1 fully saturated rings. The van der Waals surface area contributed by atoms with Crippen molar-refractivity contribution < 1.29 is 4.74 Å². The summed E-state index contributed by atoms with van der Waals surface area (Å²) in [5.41, 5.74) is 11.1. The Morgan fingerprint density at radius 3 is 2.48 bits per heavy atom. The van der Waals surface area contributed by atoms with E-state index in [9.17, 15) is 5.26 Å². The molecule has 1 saturated carbocycles. The van der Waals surface area contributed by atoms with Gasteiger partial charge in [0.1, 0.15) is 11.6 Å². The molecule has 1 aliphatic heterocycles. The van der Waals surface area contributed by atoms with Crippen LogP contribution in [0, 0.1) is 11.3 Å². The molecule has 0 amide bonds. The molecule has 1 atom stereocenters. The van der Waals surface area contributed by atoms with Crippen molar-refractivity contribution in [2.45, 2.75) is 24.8 Å². The quantitative estimate of drug-likeness (QED) is 0.626. The lowest BCUT2D eigenvalue weighted by molar-refractivity contribution is 0.163. The first kappa shape index (κ1) is 20.6. The fourth-order valence-corrected chi connectivity index (χ4v) is 4.23. The van der Waals surface area contributed by atoms with Gasteiger partial charge in [0.25, 0.3) is 0 Å². The molecule has 2 aromatic heterocycles. The van der Waals surface area contributed by atoms with Gasteiger partial charge in [-0.1, -0.05) is 18.7 Å². The molecular weight excluding hydrogens is 412 g/mol. The van der Waals surface area contributed by atoms with Crippen LogP contribution in [0.1, 0.15) is 29.9 Å². The topological polar surface area (TPSA) is 93.0 Å². The van der Waals surface area contributed by atoms with Crippen molar-refractivity contribution in [3.63, 3.8) is 0 Å². The number of nitrogens with zero attached hydrogens (tertiary/aromatic N) is 5. The van der Waals surface area contributed by atoms with Crippen LogP contribution in [0.15, 0.2) is 97.0 Å².